The van der Waals surface area contributed by atoms with Crippen molar-refractivity contribution in [2.24, 2.45) is 5.41 Å². The zero-order valence-electron chi connectivity index (χ0n) is 8.16. The largest absolute Gasteiger partial charge is 0.396 e. The predicted octanol–water partition coefficient (Wildman–Crippen LogP) is -0.483. The SMILES string of the molecule is CC1CC(CO)(C(C)(CO)CO)O1. The second-order valence-electron chi connectivity index (χ2n) is 4.16. The second-order valence-corrected chi connectivity index (χ2v) is 4.16. The molecule has 0 radical (unpaired) electrons. The first-order chi connectivity index (χ1) is 6.03. The van der Waals surface area contributed by atoms with Crippen LogP contribution in [0.25, 0.3) is 0 Å². The summed E-state index contributed by atoms with van der Waals surface area (Å²) in [5.41, 5.74) is -1.51. The van der Waals surface area contributed by atoms with Gasteiger partial charge in [-0.1, -0.05) is 6.92 Å². The highest BCUT2D eigenvalue weighted by atomic mass is 16.5. The van der Waals surface area contributed by atoms with Gasteiger partial charge in [-0.2, -0.15) is 0 Å². The highest BCUT2D eigenvalue weighted by Crippen LogP contribution is 2.45. The van der Waals surface area contributed by atoms with Crippen molar-refractivity contribution < 1.29 is 20.1 Å². The molecule has 3 N–H and O–H groups in total. The van der Waals surface area contributed by atoms with Crippen molar-refractivity contribution in [3.63, 3.8) is 0 Å². The van der Waals surface area contributed by atoms with Crippen LogP contribution in [-0.2, 0) is 4.74 Å². The van der Waals surface area contributed by atoms with E-state index in [1.54, 1.807) is 6.92 Å². The minimum atomic E-state index is -0.756. The van der Waals surface area contributed by atoms with Gasteiger partial charge in [0, 0.05) is 11.8 Å². The number of aliphatic hydroxyl groups excluding tert-OH is 3. The van der Waals surface area contributed by atoms with Crippen LogP contribution in [0.3, 0.4) is 0 Å². The van der Waals surface area contributed by atoms with Crippen molar-refractivity contribution >= 4 is 0 Å². The van der Waals surface area contributed by atoms with Gasteiger partial charge in [0.25, 0.3) is 0 Å². The van der Waals surface area contributed by atoms with Crippen LogP contribution in [0.1, 0.15) is 20.3 Å². The summed E-state index contributed by atoms with van der Waals surface area (Å²) < 4.78 is 5.45. The average Bonchev–Trinajstić information content (AvgIpc) is 2.11. The summed E-state index contributed by atoms with van der Waals surface area (Å²) in [6, 6.07) is 0. The molecule has 13 heavy (non-hydrogen) atoms. The lowest BCUT2D eigenvalue weighted by Crippen LogP contribution is -2.64. The van der Waals surface area contributed by atoms with E-state index >= 15 is 0 Å². The van der Waals surface area contributed by atoms with E-state index in [2.05, 4.69) is 0 Å². The Hall–Kier alpha value is -0.160. The fourth-order valence-electron chi connectivity index (χ4n) is 1.86. The number of ether oxygens (including phenoxy) is 1. The predicted molar refractivity (Wildman–Crippen MR) is 47.3 cm³/mol. The third-order valence-corrected chi connectivity index (χ3v) is 3.10. The third kappa shape index (κ3) is 1.48. The van der Waals surface area contributed by atoms with Gasteiger partial charge < -0.3 is 20.1 Å². The Morgan fingerprint density at radius 2 is 1.85 bits per heavy atom. The lowest BCUT2D eigenvalue weighted by atomic mass is 9.68. The van der Waals surface area contributed by atoms with Crippen molar-refractivity contribution in [3.8, 4) is 0 Å². The number of hydrogen-bond donors (Lipinski definition) is 3. The van der Waals surface area contributed by atoms with E-state index in [0.717, 1.165) is 0 Å². The van der Waals surface area contributed by atoms with Crippen LogP contribution in [0, 0.1) is 5.41 Å². The van der Waals surface area contributed by atoms with E-state index in [1.807, 2.05) is 6.92 Å². The monoisotopic (exact) mass is 190 g/mol. The highest BCUT2D eigenvalue weighted by molar-refractivity contribution is 5.03. The van der Waals surface area contributed by atoms with Crippen LogP contribution < -0.4 is 0 Å². The minimum Gasteiger partial charge on any atom is -0.396 e. The van der Waals surface area contributed by atoms with Gasteiger partial charge in [0.1, 0.15) is 5.60 Å². The van der Waals surface area contributed by atoms with Gasteiger partial charge in [-0.25, -0.2) is 0 Å². The molecular weight excluding hydrogens is 172 g/mol. The van der Waals surface area contributed by atoms with Gasteiger partial charge >= 0.3 is 0 Å². The third-order valence-electron chi connectivity index (χ3n) is 3.10. The standard InChI is InChI=1S/C9H18O4/c1-7-3-9(6-12,13-7)8(2,4-10)5-11/h7,10-12H,3-6H2,1-2H3. The van der Waals surface area contributed by atoms with E-state index in [-0.39, 0.29) is 25.9 Å². The average molecular weight is 190 g/mol. The normalized spacial score (nSPS) is 34.4. The van der Waals surface area contributed by atoms with Crippen molar-refractivity contribution in [1.29, 1.82) is 0 Å². The van der Waals surface area contributed by atoms with E-state index in [1.165, 1.54) is 0 Å². The first-order valence-corrected chi connectivity index (χ1v) is 4.54. The molecule has 1 heterocycles. The molecule has 0 spiro atoms. The molecule has 0 aromatic carbocycles. The Morgan fingerprint density at radius 1 is 1.38 bits per heavy atom. The summed E-state index contributed by atoms with van der Waals surface area (Å²) in [7, 11) is 0. The first-order valence-electron chi connectivity index (χ1n) is 4.54. The molecular formula is C9H18O4. The number of aliphatic hydroxyl groups is 3. The molecule has 1 fully saturated rings. The fourth-order valence-corrected chi connectivity index (χ4v) is 1.86. The second kappa shape index (κ2) is 3.53. The molecule has 4 nitrogen and oxygen atoms in total. The molecule has 0 bridgehead atoms. The maximum atomic E-state index is 9.20. The molecule has 0 aliphatic carbocycles. The maximum absolute atomic E-state index is 9.20. The molecule has 2 unspecified atom stereocenters. The van der Waals surface area contributed by atoms with Crippen LogP contribution in [0.2, 0.25) is 0 Å². The zero-order valence-corrected chi connectivity index (χ0v) is 8.16. The Labute approximate surface area is 78.1 Å². The maximum Gasteiger partial charge on any atom is 0.104 e. The van der Waals surface area contributed by atoms with Crippen LogP contribution >= 0.6 is 0 Å². The molecule has 78 valence electrons. The van der Waals surface area contributed by atoms with Crippen molar-refractivity contribution in [1.82, 2.24) is 0 Å². The lowest BCUT2D eigenvalue weighted by molar-refractivity contribution is -0.283. The van der Waals surface area contributed by atoms with Gasteiger partial charge in [0.2, 0.25) is 0 Å². The summed E-state index contributed by atoms with van der Waals surface area (Å²) >= 11 is 0. The van der Waals surface area contributed by atoms with E-state index in [9.17, 15) is 5.11 Å². The van der Waals surface area contributed by atoms with Crippen LogP contribution in [0.15, 0.2) is 0 Å². The van der Waals surface area contributed by atoms with E-state index in [4.69, 9.17) is 14.9 Å². The van der Waals surface area contributed by atoms with Gasteiger partial charge in [0.15, 0.2) is 0 Å². The molecule has 1 rings (SSSR count). The summed E-state index contributed by atoms with van der Waals surface area (Å²) in [6.07, 6.45) is 0.783. The quantitative estimate of drug-likeness (QED) is 0.560. The molecule has 0 amide bonds. The Kier molecular flexibility index (Phi) is 2.97. The molecule has 0 saturated carbocycles. The Morgan fingerprint density at radius 3 is 2.08 bits per heavy atom. The van der Waals surface area contributed by atoms with Gasteiger partial charge in [-0.15, -0.1) is 0 Å². The minimum absolute atomic E-state index is 0.101. The van der Waals surface area contributed by atoms with Crippen LogP contribution in [0.5, 0.6) is 0 Å². The van der Waals surface area contributed by atoms with Crippen LogP contribution in [-0.4, -0.2) is 46.8 Å². The Balaban J connectivity index is 2.76. The van der Waals surface area contributed by atoms with Crippen LogP contribution in [0.4, 0.5) is 0 Å². The van der Waals surface area contributed by atoms with E-state index < -0.39 is 11.0 Å². The topological polar surface area (TPSA) is 69.9 Å². The summed E-state index contributed by atoms with van der Waals surface area (Å²) in [6.45, 7) is 3.10. The fraction of sp³-hybridized carbons (Fsp3) is 1.00. The summed E-state index contributed by atoms with van der Waals surface area (Å²) in [5, 5.41) is 27.5. The van der Waals surface area contributed by atoms with Crippen molar-refractivity contribution in [3.05, 3.63) is 0 Å². The lowest BCUT2D eigenvalue weighted by Gasteiger charge is -2.54. The number of rotatable bonds is 4. The highest BCUT2D eigenvalue weighted by Gasteiger charge is 2.55. The van der Waals surface area contributed by atoms with Gasteiger partial charge in [0.05, 0.1) is 25.9 Å². The molecule has 1 aliphatic heterocycles. The molecule has 0 aromatic heterocycles. The summed E-state index contributed by atoms with van der Waals surface area (Å²) in [5.74, 6) is 0. The molecule has 1 aliphatic rings. The molecule has 0 aromatic rings. The molecule has 2 atom stereocenters. The number of hydrogen-bond acceptors (Lipinski definition) is 4. The zero-order chi connectivity index (χ0) is 10.1. The van der Waals surface area contributed by atoms with Crippen molar-refractivity contribution in [2.45, 2.75) is 32.0 Å². The van der Waals surface area contributed by atoms with Gasteiger partial charge in [-0.05, 0) is 6.92 Å². The summed E-state index contributed by atoms with van der Waals surface area (Å²) in [4.78, 5) is 0. The smallest absolute Gasteiger partial charge is 0.104 e. The van der Waals surface area contributed by atoms with Crippen molar-refractivity contribution in [2.75, 3.05) is 19.8 Å². The van der Waals surface area contributed by atoms with Gasteiger partial charge in [-0.3, -0.25) is 0 Å². The molecule has 1 saturated heterocycles. The van der Waals surface area contributed by atoms with E-state index in [0.29, 0.717) is 6.42 Å². The first kappa shape index (κ1) is 10.9. The Bertz CT molecular complexity index is 170. The molecule has 4 heteroatoms.